The fraction of sp³-hybridized carbons (Fsp3) is 0.579. The van der Waals surface area contributed by atoms with Crippen molar-refractivity contribution in [3.8, 4) is 0 Å². The van der Waals surface area contributed by atoms with Crippen LogP contribution in [0.3, 0.4) is 0 Å². The van der Waals surface area contributed by atoms with Crippen molar-refractivity contribution in [3.63, 3.8) is 0 Å². The molecule has 9 nitrogen and oxygen atoms in total. The van der Waals surface area contributed by atoms with Gasteiger partial charge in [0.05, 0.1) is 10.6 Å². The van der Waals surface area contributed by atoms with Crippen LogP contribution < -0.4 is 10.2 Å². The third kappa shape index (κ3) is 3.80. The van der Waals surface area contributed by atoms with Gasteiger partial charge in [-0.25, -0.2) is 4.63 Å². The van der Waals surface area contributed by atoms with E-state index in [1.165, 1.54) is 18.4 Å². The zero-order valence-electron chi connectivity index (χ0n) is 16.2. The summed E-state index contributed by atoms with van der Waals surface area (Å²) in [5, 5.41) is 23.0. The zero-order chi connectivity index (χ0) is 19.5. The number of nitrogens with one attached hydrogen (secondary N) is 1. The number of aromatic nitrogens is 2. The minimum atomic E-state index is -0.378. The smallest absolute Gasteiger partial charge is 0.323 e. The number of rotatable bonds is 6. The molecule has 28 heavy (non-hydrogen) atoms. The number of nitro benzene ring substituents is 1. The van der Waals surface area contributed by atoms with Gasteiger partial charge >= 0.3 is 5.69 Å². The molecule has 1 aromatic heterocycles. The van der Waals surface area contributed by atoms with Crippen molar-refractivity contribution in [2.75, 3.05) is 50.0 Å². The molecule has 0 atom stereocenters. The Balaban J connectivity index is 1.62. The van der Waals surface area contributed by atoms with E-state index in [0.717, 1.165) is 57.7 Å². The maximum atomic E-state index is 11.8. The van der Waals surface area contributed by atoms with Crippen LogP contribution in [0, 0.1) is 10.1 Å². The number of piperazine rings is 1. The lowest BCUT2D eigenvalue weighted by Gasteiger charge is -2.33. The first-order chi connectivity index (χ1) is 13.6. The standard InChI is InChI=1S/C19H26N6O3/c1-23-9-11-24(12-10-23)16-13-15(20-8-7-14-5-3-2-4-6-14)17-18(22-28-21-17)19(16)25(26)27/h5,13,20H,2-4,6-12H2,1H3. The monoisotopic (exact) mass is 386 g/mol. The van der Waals surface area contributed by atoms with E-state index < -0.39 is 0 Å². The van der Waals surface area contributed by atoms with Crippen molar-refractivity contribution >= 4 is 28.1 Å². The molecule has 2 heterocycles. The zero-order valence-corrected chi connectivity index (χ0v) is 16.2. The van der Waals surface area contributed by atoms with Crippen LogP contribution in [-0.4, -0.2) is 59.9 Å². The lowest BCUT2D eigenvalue weighted by Crippen LogP contribution is -2.44. The summed E-state index contributed by atoms with van der Waals surface area (Å²) >= 11 is 0. The maximum Gasteiger partial charge on any atom is 0.323 e. The van der Waals surface area contributed by atoms with E-state index in [-0.39, 0.29) is 16.1 Å². The van der Waals surface area contributed by atoms with E-state index in [9.17, 15) is 10.1 Å². The van der Waals surface area contributed by atoms with Crippen molar-refractivity contribution in [2.45, 2.75) is 32.1 Å². The number of likely N-dealkylation sites (N-methyl/N-ethyl adjacent to an activating group) is 1. The number of hydrogen-bond acceptors (Lipinski definition) is 8. The molecule has 0 amide bonds. The molecule has 2 aliphatic rings. The molecule has 0 unspecified atom stereocenters. The second-order valence-electron chi connectivity index (χ2n) is 7.59. The molecule has 1 aliphatic heterocycles. The van der Waals surface area contributed by atoms with E-state index in [1.807, 2.05) is 6.07 Å². The minimum Gasteiger partial charge on any atom is -0.383 e. The number of fused-ring (bicyclic) bond motifs is 1. The minimum absolute atomic E-state index is 0.0265. The van der Waals surface area contributed by atoms with Gasteiger partial charge in [0.2, 0.25) is 5.52 Å². The Labute approximate surface area is 163 Å². The van der Waals surface area contributed by atoms with E-state index in [1.54, 1.807) is 0 Å². The molecule has 0 saturated carbocycles. The van der Waals surface area contributed by atoms with Crippen molar-refractivity contribution in [2.24, 2.45) is 0 Å². The quantitative estimate of drug-likeness (QED) is 0.459. The molecule has 4 rings (SSSR count). The van der Waals surface area contributed by atoms with Crippen molar-refractivity contribution in [1.29, 1.82) is 0 Å². The third-order valence-electron chi connectivity index (χ3n) is 5.66. The number of benzene rings is 1. The summed E-state index contributed by atoms with van der Waals surface area (Å²) in [5.74, 6) is 0. The molecular formula is C19H26N6O3. The number of nitro groups is 1. The number of hydrogen-bond donors (Lipinski definition) is 1. The maximum absolute atomic E-state index is 11.8. The fourth-order valence-electron chi connectivity index (χ4n) is 4.01. The second-order valence-corrected chi connectivity index (χ2v) is 7.59. The van der Waals surface area contributed by atoms with Crippen LogP contribution in [0.15, 0.2) is 22.3 Å². The largest absolute Gasteiger partial charge is 0.383 e. The molecule has 9 heteroatoms. The number of anilines is 2. The molecule has 0 bridgehead atoms. The van der Waals surface area contributed by atoms with Crippen LogP contribution in [-0.2, 0) is 0 Å². The van der Waals surface area contributed by atoms with Gasteiger partial charge in [0, 0.05) is 32.7 Å². The highest BCUT2D eigenvalue weighted by atomic mass is 16.6. The third-order valence-corrected chi connectivity index (χ3v) is 5.66. The van der Waals surface area contributed by atoms with Crippen LogP contribution in [0.25, 0.3) is 11.0 Å². The average molecular weight is 386 g/mol. The van der Waals surface area contributed by atoms with E-state index in [4.69, 9.17) is 4.63 Å². The van der Waals surface area contributed by atoms with Gasteiger partial charge in [0.1, 0.15) is 5.69 Å². The van der Waals surface area contributed by atoms with Gasteiger partial charge in [0.25, 0.3) is 0 Å². The predicted molar refractivity (Wildman–Crippen MR) is 108 cm³/mol. The first-order valence-electron chi connectivity index (χ1n) is 9.92. The van der Waals surface area contributed by atoms with Crippen molar-refractivity contribution in [1.82, 2.24) is 15.2 Å². The molecular weight excluding hydrogens is 360 g/mol. The van der Waals surface area contributed by atoms with Gasteiger partial charge in [-0.05, 0) is 55.5 Å². The Bertz CT molecular complexity index is 885. The lowest BCUT2D eigenvalue weighted by molar-refractivity contribution is -0.382. The Morgan fingerprint density at radius 1 is 1.21 bits per heavy atom. The molecule has 1 N–H and O–H groups in total. The molecule has 1 fully saturated rings. The Kier molecular flexibility index (Phi) is 5.43. The highest BCUT2D eigenvalue weighted by molar-refractivity contribution is 5.99. The normalized spacial score (nSPS) is 18.3. The van der Waals surface area contributed by atoms with Crippen LogP contribution in [0.2, 0.25) is 0 Å². The van der Waals surface area contributed by atoms with Crippen LogP contribution in [0.1, 0.15) is 32.1 Å². The molecule has 150 valence electrons. The van der Waals surface area contributed by atoms with Gasteiger partial charge in [0.15, 0.2) is 5.52 Å². The first kappa shape index (κ1) is 18.7. The summed E-state index contributed by atoms with van der Waals surface area (Å²) in [5.41, 5.74) is 3.41. The molecule has 1 saturated heterocycles. The summed E-state index contributed by atoms with van der Waals surface area (Å²) in [7, 11) is 2.06. The summed E-state index contributed by atoms with van der Waals surface area (Å²) < 4.78 is 4.87. The molecule has 0 spiro atoms. The fourth-order valence-corrected chi connectivity index (χ4v) is 4.01. The average Bonchev–Trinajstić information content (AvgIpc) is 3.18. The molecule has 1 aliphatic carbocycles. The predicted octanol–water partition coefficient (Wildman–Crippen LogP) is 3.19. The number of nitrogens with zero attached hydrogens (tertiary/aromatic N) is 5. The van der Waals surface area contributed by atoms with Gasteiger partial charge in [-0.15, -0.1) is 0 Å². The molecule has 0 radical (unpaired) electrons. The summed E-state index contributed by atoms with van der Waals surface area (Å²) in [4.78, 5) is 15.7. The number of allylic oxidation sites excluding steroid dienone is 1. The van der Waals surface area contributed by atoms with E-state index in [0.29, 0.717) is 11.2 Å². The summed E-state index contributed by atoms with van der Waals surface area (Å²) in [6.45, 7) is 3.96. The van der Waals surface area contributed by atoms with Crippen LogP contribution in [0.4, 0.5) is 17.1 Å². The van der Waals surface area contributed by atoms with Crippen LogP contribution in [0.5, 0.6) is 0 Å². The Hall–Kier alpha value is -2.68. The van der Waals surface area contributed by atoms with Crippen molar-refractivity contribution < 1.29 is 9.55 Å². The van der Waals surface area contributed by atoms with Gasteiger partial charge in [-0.2, -0.15) is 0 Å². The summed E-state index contributed by atoms with van der Waals surface area (Å²) in [6, 6.07) is 1.84. The molecule has 2 aromatic rings. The van der Waals surface area contributed by atoms with Crippen LogP contribution >= 0.6 is 0 Å². The highest BCUT2D eigenvalue weighted by Crippen LogP contribution is 2.39. The van der Waals surface area contributed by atoms with E-state index >= 15 is 0 Å². The van der Waals surface area contributed by atoms with E-state index in [2.05, 4.69) is 38.6 Å². The van der Waals surface area contributed by atoms with Gasteiger partial charge < -0.3 is 15.1 Å². The van der Waals surface area contributed by atoms with Gasteiger partial charge in [-0.1, -0.05) is 11.6 Å². The molecule has 1 aromatic carbocycles. The van der Waals surface area contributed by atoms with Gasteiger partial charge in [-0.3, -0.25) is 10.1 Å². The summed E-state index contributed by atoms with van der Waals surface area (Å²) in [6.07, 6.45) is 8.16. The topological polar surface area (TPSA) is 101 Å². The Morgan fingerprint density at radius 3 is 2.71 bits per heavy atom. The van der Waals surface area contributed by atoms with Crippen molar-refractivity contribution in [3.05, 3.63) is 27.8 Å². The first-order valence-corrected chi connectivity index (χ1v) is 9.92. The SMILES string of the molecule is CN1CCN(c2cc(NCCC3=CCCCC3)c3nonc3c2[N+](=O)[O-])CC1. The lowest BCUT2D eigenvalue weighted by atomic mass is 9.97. The second kappa shape index (κ2) is 8.14. The highest BCUT2D eigenvalue weighted by Gasteiger charge is 2.30. The Morgan fingerprint density at radius 2 is 2.00 bits per heavy atom.